The quantitative estimate of drug-likeness (QED) is 0.355. The number of amides is 1. The first-order valence-electron chi connectivity index (χ1n) is 11.7. The molecule has 4 rings (SSSR count). The molecule has 2 aromatic rings. The van der Waals surface area contributed by atoms with Crippen LogP contribution in [-0.4, -0.2) is 73.4 Å². The van der Waals surface area contributed by atoms with E-state index in [0.29, 0.717) is 36.9 Å². The van der Waals surface area contributed by atoms with Gasteiger partial charge in [0.05, 0.1) is 24.7 Å². The van der Waals surface area contributed by atoms with Gasteiger partial charge in [-0.3, -0.25) is 4.79 Å². The summed E-state index contributed by atoms with van der Waals surface area (Å²) in [5.74, 6) is 0.418. The Hall–Kier alpha value is -2.86. The van der Waals surface area contributed by atoms with Crippen molar-refractivity contribution in [1.82, 2.24) is 9.29 Å². The molecule has 35 heavy (non-hydrogen) atoms. The van der Waals surface area contributed by atoms with Crippen LogP contribution in [-0.2, 0) is 24.4 Å². The lowest BCUT2D eigenvalue weighted by molar-refractivity contribution is -0.110. The second-order valence-corrected chi connectivity index (χ2v) is 10.4. The number of carbonyl (C=O) groups is 1. The minimum Gasteiger partial charge on any atom is -0.395 e. The van der Waals surface area contributed by atoms with E-state index in [1.807, 2.05) is 6.07 Å². The van der Waals surface area contributed by atoms with Gasteiger partial charge in [-0.25, -0.2) is 13.4 Å². The van der Waals surface area contributed by atoms with E-state index in [1.165, 1.54) is 28.6 Å². The van der Waals surface area contributed by atoms with Crippen molar-refractivity contribution in [3.63, 3.8) is 0 Å². The topological polar surface area (TPSA) is 130 Å². The molecule has 2 aliphatic rings. The minimum atomic E-state index is -3.78. The van der Waals surface area contributed by atoms with Gasteiger partial charge in [-0.05, 0) is 42.5 Å². The van der Waals surface area contributed by atoms with Crippen LogP contribution in [0.2, 0.25) is 0 Å². The first-order chi connectivity index (χ1) is 16.9. The summed E-state index contributed by atoms with van der Waals surface area (Å²) in [6, 6.07) is 9.55. The first kappa shape index (κ1) is 25.2. The highest BCUT2D eigenvalue weighted by Crippen LogP contribution is 2.39. The summed E-state index contributed by atoms with van der Waals surface area (Å²) in [7, 11) is -3.78. The predicted molar refractivity (Wildman–Crippen MR) is 130 cm³/mol. The van der Waals surface area contributed by atoms with Crippen LogP contribution in [0.1, 0.15) is 43.2 Å². The number of rotatable bonds is 11. The number of aliphatic hydroxyl groups is 1. The highest BCUT2D eigenvalue weighted by atomic mass is 32.2. The number of anilines is 1. The molecular weight excluding hydrogens is 472 g/mol. The number of ether oxygens (including phenoxy) is 1. The number of oxime groups is 1. The fraction of sp³-hybridized carbons (Fsp3) is 0.458. The molecule has 1 amide bonds. The van der Waals surface area contributed by atoms with E-state index in [1.54, 1.807) is 19.2 Å². The molecule has 11 heteroatoms. The van der Waals surface area contributed by atoms with Crippen molar-refractivity contribution in [2.24, 2.45) is 5.16 Å². The van der Waals surface area contributed by atoms with Gasteiger partial charge < -0.3 is 20.0 Å². The Bertz CT molecular complexity index is 1140. The molecule has 10 nitrogen and oxygen atoms in total. The second kappa shape index (κ2) is 11.3. The summed E-state index contributed by atoms with van der Waals surface area (Å²) in [4.78, 5) is 23.1. The first-order valence-corrected chi connectivity index (χ1v) is 13.2. The molecule has 1 aromatic heterocycles. The highest BCUT2D eigenvalue weighted by molar-refractivity contribution is 7.89. The van der Waals surface area contributed by atoms with Gasteiger partial charge in [0, 0.05) is 31.3 Å². The number of carbonyl (C=O) groups excluding carboxylic acids is 1. The van der Waals surface area contributed by atoms with E-state index in [2.05, 4.69) is 15.5 Å². The lowest BCUT2D eigenvalue weighted by Crippen LogP contribution is -2.33. The number of nitrogens with zero attached hydrogens (tertiary/aromatic N) is 3. The number of nitrogens with one attached hydrogen (secondary N) is 1. The maximum Gasteiger partial charge on any atom is 0.279 e. The molecular formula is C24H30N4O6S. The van der Waals surface area contributed by atoms with Crippen molar-refractivity contribution < 1.29 is 27.9 Å². The summed E-state index contributed by atoms with van der Waals surface area (Å²) in [5.41, 5.74) is 1.54. The van der Waals surface area contributed by atoms with E-state index in [9.17, 15) is 18.3 Å². The molecule has 1 saturated heterocycles. The molecule has 1 aliphatic carbocycles. The Morgan fingerprint density at radius 2 is 2.00 bits per heavy atom. The Balaban J connectivity index is 1.55. The number of aromatic nitrogens is 1. The standard InChI is InChI=1S/C24H30N4O6S/c1-2-28(12-13-29)35(31,32)21-8-5-18(6-9-21)23(27-34-20-11-14-33-16-20)24(30)26-22-10-7-19(15-25-22)17-3-4-17/h5-10,15,17,20,29H,2-4,11-14,16H2,1H3,(H,25,26,30)/t20-/m1/s1. The third kappa shape index (κ3) is 6.23. The Kier molecular flexibility index (Phi) is 8.11. The monoisotopic (exact) mass is 502 g/mol. The zero-order chi connectivity index (χ0) is 24.8. The molecule has 1 saturated carbocycles. The summed E-state index contributed by atoms with van der Waals surface area (Å²) in [6.07, 6.45) is 4.49. The van der Waals surface area contributed by atoms with Gasteiger partial charge in [0.25, 0.3) is 5.91 Å². The van der Waals surface area contributed by atoms with Crippen molar-refractivity contribution >= 4 is 27.5 Å². The van der Waals surface area contributed by atoms with Crippen molar-refractivity contribution in [3.05, 3.63) is 53.7 Å². The smallest absolute Gasteiger partial charge is 0.279 e. The summed E-state index contributed by atoms with van der Waals surface area (Å²) in [5, 5.41) is 16.0. The Morgan fingerprint density at radius 3 is 2.57 bits per heavy atom. The zero-order valence-electron chi connectivity index (χ0n) is 19.6. The highest BCUT2D eigenvalue weighted by Gasteiger charge is 2.26. The summed E-state index contributed by atoms with van der Waals surface area (Å²) >= 11 is 0. The van der Waals surface area contributed by atoms with E-state index in [0.717, 1.165) is 18.4 Å². The van der Waals surface area contributed by atoms with Crippen LogP contribution in [0.3, 0.4) is 0 Å². The van der Waals surface area contributed by atoms with Crippen LogP contribution in [0.5, 0.6) is 0 Å². The van der Waals surface area contributed by atoms with Gasteiger partial charge in [-0.1, -0.05) is 30.3 Å². The van der Waals surface area contributed by atoms with Crippen molar-refractivity contribution in [2.75, 3.05) is 38.2 Å². The van der Waals surface area contributed by atoms with Gasteiger partial charge in [0.1, 0.15) is 5.82 Å². The number of pyridine rings is 1. The average Bonchev–Trinajstić information content (AvgIpc) is 3.58. The van der Waals surface area contributed by atoms with E-state index in [4.69, 9.17) is 9.57 Å². The molecule has 188 valence electrons. The van der Waals surface area contributed by atoms with Gasteiger partial charge in [-0.15, -0.1) is 0 Å². The number of hydrogen-bond donors (Lipinski definition) is 2. The zero-order valence-corrected chi connectivity index (χ0v) is 20.4. The number of likely N-dealkylation sites (N-methyl/N-ethyl adjacent to an activating group) is 1. The van der Waals surface area contributed by atoms with Crippen molar-refractivity contribution in [2.45, 2.75) is 43.1 Å². The number of hydrogen-bond acceptors (Lipinski definition) is 8. The Labute approximate surface area is 205 Å². The maximum atomic E-state index is 13.1. The maximum absolute atomic E-state index is 13.1. The van der Waals surface area contributed by atoms with Crippen molar-refractivity contribution in [1.29, 1.82) is 0 Å². The molecule has 1 atom stereocenters. The molecule has 1 aromatic carbocycles. The number of aliphatic hydroxyl groups excluding tert-OH is 1. The van der Waals surface area contributed by atoms with E-state index >= 15 is 0 Å². The SMILES string of the molecule is CCN(CCO)S(=O)(=O)c1ccc(C(=NO[C@@H]2CCOC2)C(=O)Nc2ccc(C3CC3)cn2)cc1. The molecule has 2 fully saturated rings. The van der Waals surface area contributed by atoms with Crippen molar-refractivity contribution in [3.8, 4) is 0 Å². The summed E-state index contributed by atoms with van der Waals surface area (Å²) in [6.45, 7) is 2.60. The van der Waals surface area contributed by atoms with E-state index in [-0.39, 0.29) is 36.4 Å². The number of sulfonamides is 1. The molecule has 0 spiro atoms. The molecule has 1 aliphatic heterocycles. The van der Waals surface area contributed by atoms with Crippen LogP contribution in [0, 0.1) is 0 Å². The normalized spacial score (nSPS) is 18.6. The summed E-state index contributed by atoms with van der Waals surface area (Å²) < 4.78 is 32.2. The second-order valence-electron chi connectivity index (χ2n) is 8.48. The fourth-order valence-corrected chi connectivity index (χ4v) is 5.20. The third-order valence-electron chi connectivity index (χ3n) is 5.94. The Morgan fingerprint density at radius 1 is 1.23 bits per heavy atom. The van der Waals surface area contributed by atoms with Gasteiger partial charge in [0.15, 0.2) is 11.8 Å². The van der Waals surface area contributed by atoms with Crippen LogP contribution < -0.4 is 5.32 Å². The minimum absolute atomic E-state index is 0.000461. The fourth-order valence-electron chi connectivity index (χ4n) is 3.76. The lowest BCUT2D eigenvalue weighted by atomic mass is 10.1. The van der Waals surface area contributed by atoms with Crippen LogP contribution in [0.4, 0.5) is 5.82 Å². The molecule has 2 N–H and O–H groups in total. The predicted octanol–water partition coefficient (Wildman–Crippen LogP) is 2.11. The van der Waals surface area contributed by atoms with Crippen LogP contribution in [0.25, 0.3) is 0 Å². The average molecular weight is 503 g/mol. The number of benzene rings is 1. The van der Waals surface area contributed by atoms with Gasteiger partial charge in [-0.2, -0.15) is 4.31 Å². The van der Waals surface area contributed by atoms with Crippen LogP contribution in [0.15, 0.2) is 52.6 Å². The molecule has 0 bridgehead atoms. The third-order valence-corrected chi connectivity index (χ3v) is 7.93. The molecule has 2 heterocycles. The van der Waals surface area contributed by atoms with Crippen LogP contribution >= 0.6 is 0 Å². The lowest BCUT2D eigenvalue weighted by Gasteiger charge is -2.19. The van der Waals surface area contributed by atoms with Gasteiger partial charge >= 0.3 is 0 Å². The molecule has 0 radical (unpaired) electrons. The van der Waals surface area contributed by atoms with E-state index < -0.39 is 15.9 Å². The largest absolute Gasteiger partial charge is 0.395 e. The van der Waals surface area contributed by atoms with Gasteiger partial charge in [0.2, 0.25) is 10.0 Å². The molecule has 0 unspecified atom stereocenters.